The van der Waals surface area contributed by atoms with Gasteiger partial charge in [-0.2, -0.15) is 8.78 Å². The fourth-order valence-corrected chi connectivity index (χ4v) is 2.16. The van der Waals surface area contributed by atoms with E-state index in [1.807, 2.05) is 0 Å². The van der Waals surface area contributed by atoms with Crippen molar-refractivity contribution in [3.63, 3.8) is 0 Å². The maximum Gasteiger partial charge on any atom is 0.318 e. The molecule has 10 heavy (non-hydrogen) atoms. The molecule has 0 spiro atoms. The highest BCUT2D eigenvalue weighted by molar-refractivity contribution is 9.11. The average molecular weight is 272 g/mol. The Morgan fingerprint density at radius 1 is 1.30 bits per heavy atom. The minimum absolute atomic E-state index is 0.249. The lowest BCUT2D eigenvalue weighted by molar-refractivity contribution is 0.0245. The van der Waals surface area contributed by atoms with Crippen LogP contribution in [0.4, 0.5) is 8.78 Å². The lowest BCUT2D eigenvalue weighted by Gasteiger charge is -2.38. The van der Waals surface area contributed by atoms with Gasteiger partial charge < -0.3 is 0 Å². The zero-order valence-electron chi connectivity index (χ0n) is 4.27. The van der Waals surface area contributed by atoms with Crippen LogP contribution in [0.3, 0.4) is 0 Å². The molecular weight excluding hydrogens is 272 g/mol. The van der Waals surface area contributed by atoms with E-state index < -0.39 is 14.7 Å². The van der Waals surface area contributed by atoms with Gasteiger partial charge in [-0.15, -0.1) is 0 Å². The van der Waals surface area contributed by atoms with Gasteiger partial charge in [0.2, 0.25) is 4.33 Å². The molecule has 1 rings (SSSR count). The Morgan fingerprint density at radius 2 is 1.70 bits per heavy atom. The Kier molecular flexibility index (Phi) is 2.01. The highest BCUT2D eigenvalue weighted by Gasteiger charge is 2.66. The van der Waals surface area contributed by atoms with E-state index in [9.17, 15) is 8.78 Å². The second kappa shape index (κ2) is 2.22. The van der Waals surface area contributed by atoms with Crippen molar-refractivity contribution in [2.75, 3.05) is 0 Å². The van der Waals surface area contributed by atoms with Crippen molar-refractivity contribution in [3.8, 4) is 0 Å². The van der Waals surface area contributed by atoms with Crippen molar-refractivity contribution in [2.45, 2.75) is 10.3 Å². The molecule has 0 bridgehead atoms. The van der Waals surface area contributed by atoms with Crippen LogP contribution in [0.2, 0.25) is 0 Å². The van der Waals surface area contributed by atoms with Crippen molar-refractivity contribution in [1.82, 2.24) is 0 Å². The topological polar surface area (TPSA) is 0 Å². The summed E-state index contributed by atoms with van der Waals surface area (Å²) in [7, 11) is 0. The van der Waals surface area contributed by atoms with Crippen LogP contribution in [0.15, 0.2) is 9.51 Å². The lowest BCUT2D eigenvalue weighted by atomic mass is 10.0. The molecule has 0 saturated heterocycles. The van der Waals surface area contributed by atoms with Crippen molar-refractivity contribution < 1.29 is 8.78 Å². The Labute approximate surface area is 79.2 Å². The van der Waals surface area contributed by atoms with E-state index in [0.29, 0.717) is 0 Å². The Balaban J connectivity index is 3.10. The Bertz CT molecular complexity index is 189. The van der Waals surface area contributed by atoms with E-state index >= 15 is 0 Å². The fourth-order valence-electron chi connectivity index (χ4n) is 0.489. The number of allylic oxidation sites excluding steroid dienone is 2. The number of hydrogen-bond donors (Lipinski definition) is 0. The smallest absolute Gasteiger partial charge is 0.197 e. The molecule has 0 amide bonds. The second-order valence-corrected chi connectivity index (χ2v) is 4.28. The van der Waals surface area contributed by atoms with E-state index in [1.54, 1.807) is 0 Å². The zero-order chi connectivity index (χ0) is 8.15. The van der Waals surface area contributed by atoms with Crippen LogP contribution in [0.5, 0.6) is 0 Å². The van der Waals surface area contributed by atoms with E-state index in [2.05, 4.69) is 15.9 Å². The summed E-state index contributed by atoms with van der Waals surface area (Å²) < 4.78 is 22.3. The van der Waals surface area contributed by atoms with Gasteiger partial charge >= 0.3 is 5.92 Å². The molecule has 0 unspecified atom stereocenters. The molecule has 0 aliphatic heterocycles. The van der Waals surface area contributed by atoms with E-state index in [1.165, 1.54) is 0 Å². The van der Waals surface area contributed by atoms with E-state index in [0.717, 1.165) is 0 Å². The van der Waals surface area contributed by atoms with Gasteiger partial charge in [0.05, 0.1) is 9.51 Å². The van der Waals surface area contributed by atoms with Gasteiger partial charge in [-0.1, -0.05) is 34.8 Å². The van der Waals surface area contributed by atoms with Crippen LogP contribution in [-0.2, 0) is 0 Å². The Hall–Kier alpha value is 0.950. The summed E-state index contributed by atoms with van der Waals surface area (Å²) >= 11 is 18.1. The molecule has 58 valence electrons. The molecule has 0 nitrogen and oxygen atoms in total. The molecule has 1 aliphatic carbocycles. The standard InChI is InChI=1S/C4BrCl3F2/c5-1-2(6)3(7,8)4(1,9)10. The third kappa shape index (κ3) is 0.840. The summed E-state index contributed by atoms with van der Waals surface area (Å²) in [6.07, 6.45) is 0. The molecule has 0 fully saturated rings. The monoisotopic (exact) mass is 270 g/mol. The third-order valence-electron chi connectivity index (χ3n) is 1.14. The highest BCUT2D eigenvalue weighted by atomic mass is 79.9. The summed E-state index contributed by atoms with van der Waals surface area (Å²) in [5.74, 6) is -3.26. The van der Waals surface area contributed by atoms with Gasteiger partial charge in [-0.05, 0) is 15.9 Å². The minimum Gasteiger partial charge on any atom is -0.197 e. The van der Waals surface area contributed by atoms with Gasteiger partial charge in [0.25, 0.3) is 0 Å². The van der Waals surface area contributed by atoms with Crippen molar-refractivity contribution in [1.29, 1.82) is 0 Å². The lowest BCUT2D eigenvalue weighted by Crippen LogP contribution is -2.48. The molecule has 0 radical (unpaired) electrons. The van der Waals surface area contributed by atoms with Crippen LogP contribution < -0.4 is 0 Å². The SMILES string of the molecule is FC1(F)C(Br)=C(Cl)C1(Cl)Cl. The zero-order valence-corrected chi connectivity index (χ0v) is 8.12. The van der Waals surface area contributed by atoms with Gasteiger partial charge in [0.15, 0.2) is 0 Å². The number of rotatable bonds is 0. The maximum absolute atomic E-state index is 12.5. The molecule has 0 saturated carbocycles. The first-order valence-corrected chi connectivity index (χ1v) is 4.06. The summed E-state index contributed by atoms with van der Waals surface area (Å²) in [5.41, 5.74) is 0. The van der Waals surface area contributed by atoms with E-state index in [4.69, 9.17) is 34.8 Å². The first-order valence-electron chi connectivity index (χ1n) is 2.13. The maximum atomic E-state index is 12.5. The van der Waals surface area contributed by atoms with Gasteiger partial charge in [0.1, 0.15) is 0 Å². The summed E-state index contributed by atoms with van der Waals surface area (Å²) in [6.45, 7) is 0. The minimum atomic E-state index is -3.26. The number of hydrogen-bond acceptors (Lipinski definition) is 0. The second-order valence-electron chi connectivity index (χ2n) is 1.78. The number of halogens is 6. The normalized spacial score (nSPS) is 28.2. The summed E-state index contributed by atoms with van der Waals surface area (Å²) in [6, 6.07) is 0. The Morgan fingerprint density at radius 3 is 1.80 bits per heavy atom. The fraction of sp³-hybridized carbons (Fsp3) is 0.500. The van der Waals surface area contributed by atoms with Crippen molar-refractivity contribution >= 4 is 50.7 Å². The van der Waals surface area contributed by atoms with E-state index in [-0.39, 0.29) is 5.03 Å². The van der Waals surface area contributed by atoms with Crippen LogP contribution in [0.25, 0.3) is 0 Å². The predicted octanol–water partition coefficient (Wildman–Crippen LogP) is 3.65. The predicted molar refractivity (Wildman–Crippen MR) is 41.2 cm³/mol. The molecule has 0 aromatic heterocycles. The third-order valence-corrected chi connectivity index (χ3v) is 3.78. The molecule has 0 heterocycles. The van der Waals surface area contributed by atoms with Crippen LogP contribution in [0, 0.1) is 0 Å². The number of alkyl halides is 4. The molecule has 0 N–H and O–H groups in total. The van der Waals surface area contributed by atoms with Crippen LogP contribution in [0.1, 0.15) is 0 Å². The van der Waals surface area contributed by atoms with Gasteiger partial charge in [-0.3, -0.25) is 0 Å². The average Bonchev–Trinajstić information content (AvgIpc) is 1.84. The molecule has 0 aromatic carbocycles. The summed E-state index contributed by atoms with van der Waals surface area (Å²) in [4.78, 5) is 0. The van der Waals surface area contributed by atoms with Crippen molar-refractivity contribution in [2.24, 2.45) is 0 Å². The molecule has 1 aliphatic rings. The van der Waals surface area contributed by atoms with Gasteiger partial charge in [-0.25, -0.2) is 0 Å². The first kappa shape index (κ1) is 9.04. The molecule has 0 atom stereocenters. The van der Waals surface area contributed by atoms with Gasteiger partial charge in [0, 0.05) is 0 Å². The highest BCUT2D eigenvalue weighted by Crippen LogP contribution is 2.61. The molecule has 6 heteroatoms. The summed E-state index contributed by atoms with van der Waals surface area (Å²) in [5, 5.41) is -0.249. The largest absolute Gasteiger partial charge is 0.318 e. The molecule has 0 aromatic rings. The van der Waals surface area contributed by atoms with Crippen molar-refractivity contribution in [3.05, 3.63) is 9.51 Å². The van der Waals surface area contributed by atoms with Crippen LogP contribution in [-0.4, -0.2) is 10.3 Å². The van der Waals surface area contributed by atoms with Crippen LogP contribution >= 0.6 is 50.7 Å². The first-order chi connectivity index (χ1) is 4.32. The molecular formula is C4BrCl3F2. The quantitative estimate of drug-likeness (QED) is 0.590.